The first kappa shape index (κ1) is 17.1. The van der Waals surface area contributed by atoms with Gasteiger partial charge in [0, 0.05) is 5.56 Å². The van der Waals surface area contributed by atoms with Gasteiger partial charge in [-0.05, 0) is 24.3 Å². The van der Waals surface area contributed by atoms with Gasteiger partial charge >= 0.3 is 0 Å². The van der Waals surface area contributed by atoms with E-state index in [0.717, 1.165) is 11.4 Å². The quantitative estimate of drug-likeness (QED) is 0.379. The smallest absolute Gasteiger partial charge is 0.214 e. The van der Waals surface area contributed by atoms with Gasteiger partial charge in [-0.1, -0.05) is 66.7 Å². The van der Waals surface area contributed by atoms with Gasteiger partial charge in [-0.15, -0.1) is 0 Å². The number of para-hydroxylation sites is 2. The average molecular weight is 342 g/mol. The van der Waals surface area contributed by atoms with Crippen LogP contribution in [0.1, 0.15) is 10.4 Å². The highest BCUT2D eigenvalue weighted by Crippen LogP contribution is 2.07. The molecule has 0 aliphatic rings. The lowest BCUT2D eigenvalue weighted by Gasteiger charge is -2.04. The molecule has 0 heterocycles. The predicted octanol–water partition coefficient (Wildman–Crippen LogP) is 4.44. The van der Waals surface area contributed by atoms with Gasteiger partial charge in [-0.3, -0.25) is 15.6 Å². The van der Waals surface area contributed by atoms with Crippen LogP contribution in [0.15, 0.2) is 101 Å². The lowest BCUT2D eigenvalue weighted by atomic mass is 10.1. The van der Waals surface area contributed by atoms with E-state index in [1.807, 2.05) is 78.9 Å². The molecule has 0 saturated carbocycles. The largest absolute Gasteiger partial charge is 0.287 e. The van der Waals surface area contributed by atoms with Gasteiger partial charge in [0.05, 0.1) is 17.6 Å². The van der Waals surface area contributed by atoms with Crippen molar-refractivity contribution in [2.24, 2.45) is 10.2 Å². The zero-order valence-electron chi connectivity index (χ0n) is 14.0. The van der Waals surface area contributed by atoms with Crippen molar-refractivity contribution < 1.29 is 4.79 Å². The minimum atomic E-state index is -0.215. The molecule has 128 valence electrons. The molecular formula is C21H18N4O. The van der Waals surface area contributed by atoms with Gasteiger partial charge in [0.1, 0.15) is 0 Å². The van der Waals surface area contributed by atoms with E-state index in [2.05, 4.69) is 21.1 Å². The molecule has 0 spiro atoms. The lowest BCUT2D eigenvalue weighted by molar-refractivity contribution is 0.106. The summed E-state index contributed by atoms with van der Waals surface area (Å²) in [5.41, 5.74) is 8.14. The summed E-state index contributed by atoms with van der Waals surface area (Å²) in [5.74, 6) is -0.215. The number of ketones is 1. The summed E-state index contributed by atoms with van der Waals surface area (Å²) in [5, 5.41) is 8.36. The van der Waals surface area contributed by atoms with Gasteiger partial charge in [0.25, 0.3) is 0 Å². The SMILES string of the molecule is O=C(C(C=NNc1ccccc1)=NNc1ccccc1)c1ccccc1. The van der Waals surface area contributed by atoms with E-state index < -0.39 is 0 Å². The summed E-state index contributed by atoms with van der Waals surface area (Å²) in [6.45, 7) is 0. The van der Waals surface area contributed by atoms with Crippen LogP contribution in [0.2, 0.25) is 0 Å². The van der Waals surface area contributed by atoms with Crippen LogP contribution in [-0.2, 0) is 0 Å². The third kappa shape index (κ3) is 4.88. The van der Waals surface area contributed by atoms with Crippen molar-refractivity contribution in [2.75, 3.05) is 10.9 Å². The fourth-order valence-electron chi connectivity index (χ4n) is 2.19. The van der Waals surface area contributed by atoms with Crippen LogP contribution in [0, 0.1) is 0 Å². The molecule has 5 heteroatoms. The number of hydrogen-bond acceptors (Lipinski definition) is 5. The van der Waals surface area contributed by atoms with Crippen molar-refractivity contribution >= 4 is 29.1 Å². The molecule has 0 aromatic heterocycles. The molecule has 0 bridgehead atoms. The Labute approximate surface area is 152 Å². The highest BCUT2D eigenvalue weighted by atomic mass is 16.1. The third-order valence-corrected chi connectivity index (χ3v) is 3.50. The van der Waals surface area contributed by atoms with E-state index >= 15 is 0 Å². The van der Waals surface area contributed by atoms with Crippen LogP contribution in [0.4, 0.5) is 11.4 Å². The lowest BCUT2D eigenvalue weighted by Crippen LogP contribution is -2.18. The maximum Gasteiger partial charge on any atom is 0.214 e. The molecule has 3 aromatic rings. The van der Waals surface area contributed by atoms with Crippen LogP contribution >= 0.6 is 0 Å². The molecule has 2 N–H and O–H groups in total. The highest BCUT2D eigenvalue weighted by molar-refractivity contribution is 6.64. The van der Waals surface area contributed by atoms with Gasteiger partial charge in [-0.25, -0.2) is 0 Å². The summed E-state index contributed by atoms with van der Waals surface area (Å²) in [4.78, 5) is 12.7. The summed E-state index contributed by atoms with van der Waals surface area (Å²) < 4.78 is 0. The second-order valence-electron chi connectivity index (χ2n) is 5.41. The Hall–Kier alpha value is -3.73. The number of benzene rings is 3. The van der Waals surface area contributed by atoms with E-state index in [0.29, 0.717) is 5.56 Å². The molecule has 0 atom stereocenters. The Morgan fingerprint density at radius 3 is 1.77 bits per heavy atom. The fourth-order valence-corrected chi connectivity index (χ4v) is 2.19. The Balaban J connectivity index is 1.79. The van der Waals surface area contributed by atoms with Crippen LogP contribution in [0.5, 0.6) is 0 Å². The van der Waals surface area contributed by atoms with Crippen molar-refractivity contribution in [1.29, 1.82) is 0 Å². The van der Waals surface area contributed by atoms with Crippen LogP contribution < -0.4 is 10.9 Å². The number of rotatable bonds is 7. The first-order chi connectivity index (χ1) is 12.8. The van der Waals surface area contributed by atoms with Gasteiger partial charge in [0.2, 0.25) is 5.78 Å². The van der Waals surface area contributed by atoms with Crippen molar-refractivity contribution in [1.82, 2.24) is 0 Å². The third-order valence-electron chi connectivity index (χ3n) is 3.50. The maximum absolute atomic E-state index is 12.7. The summed E-state index contributed by atoms with van der Waals surface area (Å²) in [7, 11) is 0. The number of anilines is 2. The zero-order chi connectivity index (χ0) is 18.0. The van der Waals surface area contributed by atoms with Crippen molar-refractivity contribution in [3.63, 3.8) is 0 Å². The molecule has 0 amide bonds. The molecule has 0 unspecified atom stereocenters. The number of nitrogens with one attached hydrogen (secondary N) is 2. The number of Topliss-reactive ketones (excluding diaryl/α,β-unsaturated/α-hetero) is 1. The van der Waals surface area contributed by atoms with E-state index in [1.165, 1.54) is 6.21 Å². The van der Waals surface area contributed by atoms with Crippen molar-refractivity contribution in [3.05, 3.63) is 96.6 Å². The standard InChI is InChI=1S/C21H18N4O/c26-21(17-10-4-1-5-11-17)20(25-24-19-14-8-3-9-15-19)16-22-23-18-12-6-2-7-13-18/h1-16,23-24H. The van der Waals surface area contributed by atoms with Crippen LogP contribution in [0.25, 0.3) is 0 Å². The predicted molar refractivity (Wildman–Crippen MR) is 107 cm³/mol. The number of nitrogens with zero attached hydrogens (tertiary/aromatic N) is 2. The maximum atomic E-state index is 12.7. The highest BCUT2D eigenvalue weighted by Gasteiger charge is 2.12. The van der Waals surface area contributed by atoms with E-state index in [1.54, 1.807) is 12.1 Å². The summed E-state index contributed by atoms with van der Waals surface area (Å²) in [6, 6.07) is 27.9. The first-order valence-corrected chi connectivity index (χ1v) is 8.15. The zero-order valence-corrected chi connectivity index (χ0v) is 14.0. The second kappa shape index (κ2) is 8.94. The van der Waals surface area contributed by atoms with Gasteiger partial charge < -0.3 is 0 Å². The normalized spacial score (nSPS) is 11.3. The number of carbonyl (C=O) groups is 1. The molecule has 26 heavy (non-hydrogen) atoms. The molecule has 3 rings (SSSR count). The molecule has 5 nitrogen and oxygen atoms in total. The Morgan fingerprint density at radius 1 is 0.692 bits per heavy atom. The molecular weight excluding hydrogens is 324 g/mol. The minimum absolute atomic E-state index is 0.198. The van der Waals surface area contributed by atoms with E-state index in [4.69, 9.17) is 0 Å². The second-order valence-corrected chi connectivity index (χ2v) is 5.41. The molecule has 0 aliphatic heterocycles. The van der Waals surface area contributed by atoms with Crippen molar-refractivity contribution in [2.45, 2.75) is 0 Å². The first-order valence-electron chi connectivity index (χ1n) is 8.15. The number of carbonyl (C=O) groups excluding carboxylic acids is 1. The van der Waals surface area contributed by atoms with Crippen LogP contribution in [-0.4, -0.2) is 17.7 Å². The monoisotopic (exact) mass is 342 g/mol. The summed E-state index contributed by atoms with van der Waals surface area (Å²) >= 11 is 0. The van der Waals surface area contributed by atoms with Crippen molar-refractivity contribution in [3.8, 4) is 0 Å². The molecule has 3 aromatic carbocycles. The fraction of sp³-hybridized carbons (Fsp3) is 0. The van der Waals surface area contributed by atoms with Gasteiger partial charge in [0.15, 0.2) is 5.71 Å². The average Bonchev–Trinajstić information content (AvgIpc) is 2.72. The number of hydrogen-bond donors (Lipinski definition) is 2. The van der Waals surface area contributed by atoms with Gasteiger partial charge in [-0.2, -0.15) is 10.2 Å². The molecule has 0 aliphatic carbocycles. The number of hydrazone groups is 2. The van der Waals surface area contributed by atoms with E-state index in [9.17, 15) is 4.79 Å². The Kier molecular flexibility index (Phi) is 5.88. The summed E-state index contributed by atoms with van der Waals surface area (Å²) in [6.07, 6.45) is 1.41. The van der Waals surface area contributed by atoms with E-state index in [-0.39, 0.29) is 11.5 Å². The minimum Gasteiger partial charge on any atom is -0.287 e. The molecule has 0 fully saturated rings. The molecule has 0 radical (unpaired) electrons. The molecule has 0 saturated heterocycles. The van der Waals surface area contributed by atoms with Crippen LogP contribution in [0.3, 0.4) is 0 Å². The topological polar surface area (TPSA) is 65.8 Å². The Morgan fingerprint density at radius 2 is 1.19 bits per heavy atom. The Bertz CT molecular complexity index is 891.